The summed E-state index contributed by atoms with van der Waals surface area (Å²) in [5, 5.41) is 3.19. The lowest BCUT2D eigenvalue weighted by atomic mass is 9.49. The maximum Gasteiger partial charge on any atom is 0.317 e. The molecule has 2 amide bonds. The Kier molecular flexibility index (Phi) is 8.44. The Labute approximate surface area is 189 Å². The van der Waals surface area contributed by atoms with E-state index in [1.165, 1.54) is 50.5 Å². The fourth-order valence-corrected chi connectivity index (χ4v) is 6.78. The Morgan fingerprint density at radius 3 is 2.30 bits per heavy atom. The van der Waals surface area contributed by atoms with E-state index in [4.69, 9.17) is 0 Å². The molecule has 4 nitrogen and oxygen atoms in total. The van der Waals surface area contributed by atoms with Gasteiger partial charge >= 0.3 is 6.03 Å². The molecule has 0 saturated heterocycles. The minimum Gasteiger partial charge on any atom is -0.338 e. The number of hydrogen-bond donors (Lipinski definition) is 1. The maximum atomic E-state index is 12.9. The van der Waals surface area contributed by atoms with Crippen molar-refractivity contribution in [1.29, 1.82) is 0 Å². The highest BCUT2D eigenvalue weighted by Gasteiger charge is 2.50. The number of amides is 2. The van der Waals surface area contributed by atoms with Crippen molar-refractivity contribution < 1.29 is 4.79 Å². The first-order valence-electron chi connectivity index (χ1n) is 12.1. The highest BCUT2D eigenvalue weighted by molar-refractivity contribution is 5.85. The first-order valence-corrected chi connectivity index (χ1v) is 12.1. The smallest absolute Gasteiger partial charge is 0.317 e. The molecule has 0 atom stereocenters. The quantitative estimate of drug-likeness (QED) is 0.470. The predicted octanol–water partition coefficient (Wildman–Crippen LogP) is 5.85. The van der Waals surface area contributed by atoms with Crippen molar-refractivity contribution in [2.75, 3.05) is 19.6 Å². The standard InChI is InChI=1S/C25H39N3O.ClH/c1-2-3-12-28(24(29)27-9-4-5-20-6-10-26-11-7-20)13-8-25-17-21-14-22(18-25)16-23(15-21)19-25;/h6-7,10-11,21-23H,2-5,8-9,12-19H2,1H3,(H,27,29);1H. The van der Waals surface area contributed by atoms with E-state index >= 15 is 0 Å². The highest BCUT2D eigenvalue weighted by atomic mass is 35.5. The molecule has 5 heteroatoms. The molecule has 5 rings (SSSR count). The topological polar surface area (TPSA) is 45.2 Å². The van der Waals surface area contributed by atoms with E-state index in [1.54, 1.807) is 0 Å². The second-order valence-electron chi connectivity index (χ2n) is 10.2. The molecule has 0 spiro atoms. The van der Waals surface area contributed by atoms with E-state index in [2.05, 4.69) is 34.3 Å². The van der Waals surface area contributed by atoms with Crippen LogP contribution >= 0.6 is 12.4 Å². The first kappa shape index (κ1) is 23.4. The average Bonchev–Trinajstić information content (AvgIpc) is 2.71. The van der Waals surface area contributed by atoms with Gasteiger partial charge in [-0.3, -0.25) is 4.98 Å². The second kappa shape index (κ2) is 10.8. The largest absolute Gasteiger partial charge is 0.338 e. The number of pyridine rings is 1. The number of carbonyl (C=O) groups is 1. The van der Waals surface area contributed by atoms with Crippen LogP contribution in [0.1, 0.15) is 76.7 Å². The third-order valence-electron chi connectivity index (χ3n) is 7.81. The van der Waals surface area contributed by atoms with Gasteiger partial charge in [-0.1, -0.05) is 13.3 Å². The summed E-state index contributed by atoms with van der Waals surface area (Å²) in [6.07, 6.45) is 17.9. The molecule has 1 aromatic heterocycles. The number of hydrogen-bond acceptors (Lipinski definition) is 2. The van der Waals surface area contributed by atoms with Crippen LogP contribution in [0.2, 0.25) is 0 Å². The molecular weight excluding hydrogens is 394 g/mol. The summed E-state index contributed by atoms with van der Waals surface area (Å²) in [5.74, 6) is 2.98. The first-order chi connectivity index (χ1) is 14.2. The Bertz CT molecular complexity index is 630. The molecule has 1 N–H and O–H groups in total. The number of aryl methyl sites for hydroxylation is 1. The van der Waals surface area contributed by atoms with Crippen molar-refractivity contribution >= 4 is 18.4 Å². The van der Waals surface area contributed by atoms with E-state index in [-0.39, 0.29) is 18.4 Å². The molecule has 4 aliphatic carbocycles. The summed E-state index contributed by atoms with van der Waals surface area (Å²) >= 11 is 0. The zero-order valence-corrected chi connectivity index (χ0v) is 19.5. The van der Waals surface area contributed by atoms with Gasteiger partial charge < -0.3 is 10.2 Å². The lowest BCUT2D eigenvalue weighted by molar-refractivity contribution is -0.0596. The lowest BCUT2D eigenvalue weighted by Gasteiger charge is -2.57. The van der Waals surface area contributed by atoms with Gasteiger partial charge in [-0.25, -0.2) is 4.79 Å². The van der Waals surface area contributed by atoms with Crippen LogP contribution in [0.4, 0.5) is 4.79 Å². The van der Waals surface area contributed by atoms with E-state index in [0.717, 1.165) is 63.1 Å². The molecule has 4 saturated carbocycles. The van der Waals surface area contributed by atoms with Crippen molar-refractivity contribution in [3.63, 3.8) is 0 Å². The predicted molar refractivity (Wildman–Crippen MR) is 125 cm³/mol. The van der Waals surface area contributed by atoms with Crippen LogP contribution < -0.4 is 5.32 Å². The molecule has 0 radical (unpaired) electrons. The van der Waals surface area contributed by atoms with Crippen LogP contribution in [-0.2, 0) is 6.42 Å². The molecule has 0 aliphatic heterocycles. The normalized spacial score (nSPS) is 28.8. The van der Waals surface area contributed by atoms with Crippen LogP contribution in [0.3, 0.4) is 0 Å². The van der Waals surface area contributed by atoms with Crippen LogP contribution in [0.15, 0.2) is 24.5 Å². The molecule has 168 valence electrons. The van der Waals surface area contributed by atoms with Crippen LogP contribution in [0.25, 0.3) is 0 Å². The number of aromatic nitrogens is 1. The van der Waals surface area contributed by atoms with Crippen molar-refractivity contribution in [3.8, 4) is 0 Å². The van der Waals surface area contributed by atoms with Crippen LogP contribution in [0, 0.1) is 23.2 Å². The third-order valence-corrected chi connectivity index (χ3v) is 7.81. The zero-order chi connectivity index (χ0) is 20.1. The molecular formula is C25H40ClN3O. The van der Waals surface area contributed by atoms with Gasteiger partial charge in [-0.05, 0) is 105 Å². The second-order valence-corrected chi connectivity index (χ2v) is 10.2. The highest BCUT2D eigenvalue weighted by Crippen LogP contribution is 2.61. The van der Waals surface area contributed by atoms with Crippen LogP contribution in [0.5, 0.6) is 0 Å². The van der Waals surface area contributed by atoms with Crippen molar-refractivity contribution in [2.45, 2.75) is 77.6 Å². The Morgan fingerprint density at radius 2 is 1.70 bits per heavy atom. The average molecular weight is 434 g/mol. The minimum absolute atomic E-state index is 0. The van der Waals surface area contributed by atoms with Gasteiger partial charge in [-0.15, -0.1) is 12.4 Å². The van der Waals surface area contributed by atoms with Gasteiger partial charge in [-0.2, -0.15) is 0 Å². The number of nitrogens with zero attached hydrogens (tertiary/aromatic N) is 2. The van der Waals surface area contributed by atoms with Crippen molar-refractivity contribution in [1.82, 2.24) is 15.2 Å². The molecule has 4 bridgehead atoms. The summed E-state index contributed by atoms with van der Waals surface area (Å²) in [4.78, 5) is 19.1. The molecule has 0 unspecified atom stereocenters. The Hall–Kier alpha value is -1.29. The summed E-state index contributed by atoms with van der Waals surface area (Å²) in [6.45, 7) is 4.81. The molecule has 4 aliphatic rings. The summed E-state index contributed by atoms with van der Waals surface area (Å²) < 4.78 is 0. The fraction of sp³-hybridized carbons (Fsp3) is 0.760. The van der Waals surface area contributed by atoms with Crippen molar-refractivity contribution in [3.05, 3.63) is 30.1 Å². The zero-order valence-electron chi connectivity index (χ0n) is 18.7. The Balaban J connectivity index is 0.00000256. The number of halogens is 1. The molecule has 0 aromatic carbocycles. The maximum absolute atomic E-state index is 12.9. The Morgan fingerprint density at radius 1 is 1.07 bits per heavy atom. The summed E-state index contributed by atoms with van der Waals surface area (Å²) in [7, 11) is 0. The number of carbonyl (C=O) groups excluding carboxylic acids is 1. The van der Waals surface area contributed by atoms with E-state index in [0.29, 0.717) is 5.41 Å². The van der Waals surface area contributed by atoms with Gasteiger partial charge in [0.1, 0.15) is 0 Å². The van der Waals surface area contributed by atoms with Crippen LogP contribution in [-0.4, -0.2) is 35.5 Å². The van der Waals surface area contributed by atoms with Gasteiger partial charge in [0.05, 0.1) is 0 Å². The molecule has 1 heterocycles. The number of urea groups is 1. The van der Waals surface area contributed by atoms with E-state index < -0.39 is 0 Å². The van der Waals surface area contributed by atoms with E-state index in [1.807, 2.05) is 12.4 Å². The molecule has 4 fully saturated rings. The number of unbranched alkanes of at least 4 members (excludes halogenated alkanes) is 1. The van der Waals surface area contributed by atoms with Crippen molar-refractivity contribution in [2.24, 2.45) is 23.2 Å². The number of nitrogens with one attached hydrogen (secondary N) is 1. The summed E-state index contributed by atoms with van der Waals surface area (Å²) in [6, 6.07) is 4.26. The van der Waals surface area contributed by atoms with Gasteiger partial charge in [0.25, 0.3) is 0 Å². The van der Waals surface area contributed by atoms with Gasteiger partial charge in [0.15, 0.2) is 0 Å². The lowest BCUT2D eigenvalue weighted by Crippen LogP contribution is -2.48. The fourth-order valence-electron chi connectivity index (χ4n) is 6.78. The van der Waals surface area contributed by atoms with E-state index in [9.17, 15) is 4.79 Å². The third kappa shape index (κ3) is 5.90. The van der Waals surface area contributed by atoms with Gasteiger partial charge in [0, 0.05) is 32.0 Å². The SMILES string of the molecule is CCCCN(CCC12CC3CC(CC(C3)C1)C2)C(=O)NCCCc1ccncc1.Cl. The monoisotopic (exact) mass is 433 g/mol. The molecule has 30 heavy (non-hydrogen) atoms. The molecule has 1 aromatic rings. The minimum atomic E-state index is 0. The van der Waals surface area contributed by atoms with Gasteiger partial charge in [0.2, 0.25) is 0 Å². The summed E-state index contributed by atoms with van der Waals surface area (Å²) in [5.41, 5.74) is 1.85. The number of rotatable bonds is 10.